The Kier molecular flexibility index (Phi) is 5.59. The van der Waals surface area contributed by atoms with Crippen molar-refractivity contribution >= 4 is 5.97 Å². The third-order valence-corrected chi connectivity index (χ3v) is 2.99. The number of carbonyl (C=O) groups is 1. The number of hydrogen-bond donors (Lipinski definition) is 0. The van der Waals surface area contributed by atoms with E-state index in [9.17, 15) is 4.79 Å². The number of hydrogen-bond acceptors (Lipinski definition) is 2. The maximum absolute atomic E-state index is 11.6. The van der Waals surface area contributed by atoms with E-state index in [0.29, 0.717) is 6.42 Å². The molecule has 0 bridgehead atoms. The van der Waals surface area contributed by atoms with E-state index in [1.807, 2.05) is 20.8 Å². The Morgan fingerprint density at radius 1 is 1.21 bits per heavy atom. The lowest BCUT2D eigenvalue weighted by Crippen LogP contribution is -2.23. The van der Waals surface area contributed by atoms with Crippen molar-refractivity contribution in [2.45, 2.75) is 65.9 Å². The Morgan fingerprint density at radius 2 is 1.89 bits per heavy atom. The van der Waals surface area contributed by atoms with Gasteiger partial charge in [-0.25, -0.2) is 0 Å². The van der Waals surface area contributed by atoms with Gasteiger partial charge in [0.1, 0.15) is 5.60 Å². The molecule has 0 spiro atoms. The maximum Gasteiger partial charge on any atom is 0.306 e. The summed E-state index contributed by atoms with van der Waals surface area (Å²) in [5.41, 5.74) is 3.65. The highest BCUT2D eigenvalue weighted by Gasteiger charge is 2.15. The Balaban J connectivity index is 2.49. The van der Waals surface area contributed by atoms with Crippen LogP contribution in [-0.4, -0.2) is 11.6 Å². The predicted molar refractivity (Wildman–Crippen MR) is 79.3 cm³/mol. The van der Waals surface area contributed by atoms with Gasteiger partial charge in [0.15, 0.2) is 0 Å². The summed E-state index contributed by atoms with van der Waals surface area (Å²) >= 11 is 0. The number of esters is 1. The van der Waals surface area contributed by atoms with Crippen LogP contribution in [0.3, 0.4) is 0 Å². The summed E-state index contributed by atoms with van der Waals surface area (Å²) < 4.78 is 5.32. The van der Waals surface area contributed by atoms with Gasteiger partial charge < -0.3 is 4.74 Å². The van der Waals surface area contributed by atoms with Gasteiger partial charge in [0.05, 0.1) is 0 Å². The van der Waals surface area contributed by atoms with Crippen LogP contribution in [0.25, 0.3) is 0 Å². The first-order valence-electron chi connectivity index (χ1n) is 7.12. The standard InChI is InChI=1S/C17H26O2/c1-6-14-11-10-13(2)12-15(14)8-7-9-16(18)19-17(3,4)5/h10-12H,6-9H2,1-5H3. The van der Waals surface area contributed by atoms with Gasteiger partial charge in [-0.15, -0.1) is 0 Å². The van der Waals surface area contributed by atoms with E-state index in [4.69, 9.17) is 4.74 Å². The van der Waals surface area contributed by atoms with Crippen LogP contribution in [0.1, 0.15) is 57.2 Å². The molecule has 19 heavy (non-hydrogen) atoms. The Bertz CT molecular complexity index is 427. The number of benzene rings is 1. The van der Waals surface area contributed by atoms with Crippen LogP contribution in [-0.2, 0) is 22.4 Å². The first-order chi connectivity index (χ1) is 8.81. The highest BCUT2D eigenvalue weighted by atomic mass is 16.6. The summed E-state index contributed by atoms with van der Waals surface area (Å²) in [6.45, 7) is 9.99. The maximum atomic E-state index is 11.6. The van der Waals surface area contributed by atoms with Gasteiger partial charge in [-0.1, -0.05) is 30.7 Å². The van der Waals surface area contributed by atoms with E-state index in [-0.39, 0.29) is 11.6 Å². The van der Waals surface area contributed by atoms with E-state index in [2.05, 4.69) is 32.0 Å². The molecule has 0 N–H and O–H groups in total. The Labute approximate surface area is 117 Å². The van der Waals surface area contributed by atoms with Crippen LogP contribution in [0.4, 0.5) is 0 Å². The lowest BCUT2D eigenvalue weighted by molar-refractivity contribution is -0.154. The fourth-order valence-electron chi connectivity index (χ4n) is 2.15. The molecule has 0 saturated carbocycles. The molecule has 0 radical (unpaired) electrons. The summed E-state index contributed by atoms with van der Waals surface area (Å²) in [5, 5.41) is 0. The minimum absolute atomic E-state index is 0.0989. The predicted octanol–water partition coefficient (Wildman–Crippen LogP) is 4.22. The molecule has 0 aliphatic heterocycles. The highest BCUT2D eigenvalue weighted by molar-refractivity contribution is 5.69. The molecule has 0 aromatic heterocycles. The van der Waals surface area contributed by atoms with Crippen molar-refractivity contribution in [1.29, 1.82) is 0 Å². The molecule has 0 atom stereocenters. The first kappa shape index (κ1) is 15.7. The highest BCUT2D eigenvalue weighted by Crippen LogP contribution is 2.16. The van der Waals surface area contributed by atoms with Crippen molar-refractivity contribution in [2.24, 2.45) is 0 Å². The summed E-state index contributed by atoms with van der Waals surface area (Å²) in [5.74, 6) is -0.0989. The largest absolute Gasteiger partial charge is 0.460 e. The summed E-state index contributed by atoms with van der Waals surface area (Å²) in [6.07, 6.45) is 3.34. The smallest absolute Gasteiger partial charge is 0.306 e. The molecule has 0 aliphatic carbocycles. The third-order valence-electron chi connectivity index (χ3n) is 2.99. The monoisotopic (exact) mass is 262 g/mol. The van der Waals surface area contributed by atoms with Crippen molar-refractivity contribution < 1.29 is 9.53 Å². The van der Waals surface area contributed by atoms with Gasteiger partial charge in [0.2, 0.25) is 0 Å². The average Bonchev–Trinajstić information content (AvgIpc) is 2.27. The van der Waals surface area contributed by atoms with Crippen LogP contribution in [0.5, 0.6) is 0 Å². The van der Waals surface area contributed by atoms with Gasteiger partial charge in [-0.3, -0.25) is 4.79 Å². The van der Waals surface area contributed by atoms with Crippen molar-refractivity contribution in [3.05, 3.63) is 34.9 Å². The Morgan fingerprint density at radius 3 is 2.47 bits per heavy atom. The Hall–Kier alpha value is -1.31. The second-order valence-corrected chi connectivity index (χ2v) is 6.07. The normalized spacial score (nSPS) is 11.4. The minimum Gasteiger partial charge on any atom is -0.460 e. The van der Waals surface area contributed by atoms with E-state index >= 15 is 0 Å². The molecular formula is C17H26O2. The fourth-order valence-corrected chi connectivity index (χ4v) is 2.15. The zero-order chi connectivity index (χ0) is 14.5. The second-order valence-electron chi connectivity index (χ2n) is 6.07. The van der Waals surface area contributed by atoms with E-state index in [1.165, 1.54) is 16.7 Å². The zero-order valence-electron chi connectivity index (χ0n) is 12.9. The molecule has 1 aromatic rings. The first-order valence-corrected chi connectivity index (χ1v) is 7.12. The molecule has 0 unspecified atom stereocenters. The fraction of sp³-hybridized carbons (Fsp3) is 0.588. The molecule has 0 fully saturated rings. The van der Waals surface area contributed by atoms with Crippen LogP contribution in [0, 0.1) is 6.92 Å². The molecule has 0 amide bonds. The van der Waals surface area contributed by atoms with Gasteiger partial charge >= 0.3 is 5.97 Å². The lowest BCUT2D eigenvalue weighted by Gasteiger charge is -2.19. The molecule has 1 rings (SSSR count). The van der Waals surface area contributed by atoms with Crippen molar-refractivity contribution in [3.8, 4) is 0 Å². The topological polar surface area (TPSA) is 26.3 Å². The van der Waals surface area contributed by atoms with E-state index in [1.54, 1.807) is 0 Å². The molecule has 1 aromatic carbocycles. The van der Waals surface area contributed by atoms with Gasteiger partial charge in [-0.05, 0) is 58.1 Å². The number of ether oxygens (including phenoxy) is 1. The van der Waals surface area contributed by atoms with Gasteiger partial charge in [0.25, 0.3) is 0 Å². The molecule has 0 aliphatic rings. The minimum atomic E-state index is -0.380. The van der Waals surface area contributed by atoms with Crippen molar-refractivity contribution in [1.82, 2.24) is 0 Å². The summed E-state index contributed by atoms with van der Waals surface area (Å²) in [6, 6.07) is 6.57. The summed E-state index contributed by atoms with van der Waals surface area (Å²) in [7, 11) is 0. The quantitative estimate of drug-likeness (QED) is 0.743. The van der Waals surface area contributed by atoms with Crippen molar-refractivity contribution in [3.63, 3.8) is 0 Å². The van der Waals surface area contributed by atoms with E-state index in [0.717, 1.165) is 19.3 Å². The molecule has 0 heterocycles. The lowest BCUT2D eigenvalue weighted by atomic mass is 9.98. The number of carbonyl (C=O) groups excluding carboxylic acids is 1. The van der Waals surface area contributed by atoms with Crippen LogP contribution < -0.4 is 0 Å². The van der Waals surface area contributed by atoms with Crippen LogP contribution in [0.2, 0.25) is 0 Å². The van der Waals surface area contributed by atoms with Gasteiger partial charge in [-0.2, -0.15) is 0 Å². The number of rotatable bonds is 5. The average molecular weight is 262 g/mol. The molecular weight excluding hydrogens is 236 g/mol. The molecule has 2 heteroatoms. The molecule has 106 valence electrons. The number of aryl methyl sites for hydroxylation is 3. The van der Waals surface area contributed by atoms with Crippen LogP contribution in [0.15, 0.2) is 18.2 Å². The van der Waals surface area contributed by atoms with Crippen LogP contribution >= 0.6 is 0 Å². The molecule has 0 saturated heterocycles. The SMILES string of the molecule is CCc1ccc(C)cc1CCCC(=O)OC(C)(C)C. The molecule has 2 nitrogen and oxygen atoms in total. The summed E-state index contributed by atoms with van der Waals surface area (Å²) in [4.78, 5) is 11.6. The van der Waals surface area contributed by atoms with Crippen molar-refractivity contribution in [2.75, 3.05) is 0 Å². The zero-order valence-corrected chi connectivity index (χ0v) is 12.9. The van der Waals surface area contributed by atoms with E-state index < -0.39 is 0 Å². The second kappa shape index (κ2) is 6.74. The van der Waals surface area contributed by atoms with Gasteiger partial charge in [0, 0.05) is 6.42 Å². The third kappa shape index (κ3) is 5.91.